The Kier molecular flexibility index (Phi) is 14.2. The van der Waals surface area contributed by atoms with Crippen LogP contribution in [-0.2, 0) is 14.2 Å². The molecule has 0 radical (unpaired) electrons. The van der Waals surface area contributed by atoms with Crippen LogP contribution >= 0.6 is 0 Å². The first-order chi connectivity index (χ1) is 11.1. The maximum atomic E-state index is 6.29. The number of hydrogen-bond donors (Lipinski definition) is 0. The van der Waals surface area contributed by atoms with E-state index in [0.717, 1.165) is 51.4 Å². The third-order valence-electron chi connectivity index (χ3n) is 4.63. The van der Waals surface area contributed by atoms with Crippen molar-refractivity contribution in [2.24, 2.45) is 11.8 Å². The van der Waals surface area contributed by atoms with Crippen molar-refractivity contribution in [3.63, 3.8) is 0 Å². The largest absolute Gasteiger partial charge is 0.327 e. The fourth-order valence-corrected chi connectivity index (χ4v) is 2.81. The highest BCUT2D eigenvalue weighted by atomic mass is 16.9. The highest BCUT2D eigenvalue weighted by Gasteiger charge is 2.44. The molecular formula is C20H42O3. The van der Waals surface area contributed by atoms with Gasteiger partial charge in [0, 0.05) is 5.92 Å². The Morgan fingerprint density at radius 3 is 1.30 bits per heavy atom. The Bertz CT molecular complexity index is 229. The summed E-state index contributed by atoms with van der Waals surface area (Å²) < 4.78 is 18.9. The molecule has 0 aromatic carbocycles. The molecule has 0 aromatic heterocycles. The maximum absolute atomic E-state index is 6.29. The molecule has 0 aliphatic carbocycles. The Hall–Kier alpha value is -0.120. The van der Waals surface area contributed by atoms with Crippen molar-refractivity contribution >= 4 is 0 Å². The summed E-state index contributed by atoms with van der Waals surface area (Å²) in [4.78, 5) is 0. The summed E-state index contributed by atoms with van der Waals surface area (Å²) in [6.45, 7) is 15.4. The van der Waals surface area contributed by atoms with E-state index in [0.29, 0.717) is 25.7 Å². The fraction of sp³-hybridized carbons (Fsp3) is 1.00. The van der Waals surface area contributed by atoms with Gasteiger partial charge in [-0.1, -0.05) is 67.2 Å². The van der Waals surface area contributed by atoms with E-state index in [1.807, 2.05) is 0 Å². The molecule has 3 heteroatoms. The molecule has 0 saturated carbocycles. The van der Waals surface area contributed by atoms with Crippen LogP contribution in [0.1, 0.15) is 92.9 Å². The van der Waals surface area contributed by atoms with E-state index in [1.165, 1.54) is 0 Å². The van der Waals surface area contributed by atoms with Crippen LogP contribution in [0, 0.1) is 11.8 Å². The lowest BCUT2D eigenvalue weighted by molar-refractivity contribution is -0.411. The predicted molar refractivity (Wildman–Crippen MR) is 98.5 cm³/mol. The molecule has 0 bridgehead atoms. The lowest BCUT2D eigenvalue weighted by Crippen LogP contribution is -2.49. The average molecular weight is 331 g/mol. The van der Waals surface area contributed by atoms with Crippen LogP contribution in [0.3, 0.4) is 0 Å². The van der Waals surface area contributed by atoms with Gasteiger partial charge in [-0.05, 0) is 31.6 Å². The lowest BCUT2D eigenvalue weighted by Gasteiger charge is -2.42. The topological polar surface area (TPSA) is 27.7 Å². The summed E-state index contributed by atoms with van der Waals surface area (Å²) in [5, 5.41) is 0. The zero-order chi connectivity index (χ0) is 17.6. The fourth-order valence-electron chi connectivity index (χ4n) is 2.81. The quantitative estimate of drug-likeness (QED) is 0.250. The van der Waals surface area contributed by atoms with Gasteiger partial charge in [-0.15, -0.1) is 0 Å². The molecule has 0 N–H and O–H groups in total. The number of unbranched alkanes of at least 4 members (excludes halogenated alkanes) is 3. The van der Waals surface area contributed by atoms with Crippen molar-refractivity contribution < 1.29 is 14.2 Å². The number of rotatable bonds is 16. The minimum absolute atomic E-state index is 0.276. The lowest BCUT2D eigenvalue weighted by atomic mass is 9.87. The first-order valence-electron chi connectivity index (χ1n) is 10.0. The molecule has 2 atom stereocenters. The van der Waals surface area contributed by atoms with E-state index >= 15 is 0 Å². The Morgan fingerprint density at radius 1 is 0.652 bits per heavy atom. The molecule has 0 aliphatic rings. The molecule has 2 unspecified atom stereocenters. The van der Waals surface area contributed by atoms with E-state index < -0.39 is 5.97 Å². The van der Waals surface area contributed by atoms with Gasteiger partial charge in [0.25, 0.3) is 5.97 Å². The van der Waals surface area contributed by atoms with Crippen LogP contribution < -0.4 is 0 Å². The number of ether oxygens (including phenoxy) is 3. The summed E-state index contributed by atoms with van der Waals surface area (Å²) in [6.07, 6.45) is 8.65. The van der Waals surface area contributed by atoms with Crippen molar-refractivity contribution in [3.05, 3.63) is 0 Å². The van der Waals surface area contributed by atoms with Gasteiger partial charge in [0.05, 0.1) is 19.8 Å². The van der Waals surface area contributed by atoms with Crippen LogP contribution in [0.2, 0.25) is 0 Å². The Balaban J connectivity index is 5.20. The highest BCUT2D eigenvalue weighted by molar-refractivity contribution is 4.76. The second kappa shape index (κ2) is 14.2. The summed E-state index contributed by atoms with van der Waals surface area (Å²) in [5.74, 6) is -0.0631. The molecular weight excluding hydrogens is 288 g/mol. The summed E-state index contributed by atoms with van der Waals surface area (Å²) in [5.41, 5.74) is 0. The van der Waals surface area contributed by atoms with Crippen molar-refractivity contribution in [2.75, 3.05) is 19.8 Å². The zero-order valence-corrected chi connectivity index (χ0v) is 16.7. The van der Waals surface area contributed by atoms with Gasteiger partial charge in [0.2, 0.25) is 0 Å². The van der Waals surface area contributed by atoms with Gasteiger partial charge in [0.15, 0.2) is 0 Å². The van der Waals surface area contributed by atoms with E-state index in [2.05, 4.69) is 41.5 Å². The van der Waals surface area contributed by atoms with Crippen LogP contribution in [-0.4, -0.2) is 25.8 Å². The smallest absolute Gasteiger partial charge is 0.286 e. The van der Waals surface area contributed by atoms with E-state index in [4.69, 9.17) is 14.2 Å². The normalized spacial score (nSPS) is 14.9. The van der Waals surface area contributed by atoms with Gasteiger partial charge in [-0.3, -0.25) is 0 Å². The van der Waals surface area contributed by atoms with Crippen LogP contribution in [0.25, 0.3) is 0 Å². The molecule has 0 amide bonds. The average Bonchev–Trinajstić information content (AvgIpc) is 2.55. The molecule has 0 aliphatic heterocycles. The molecule has 0 spiro atoms. The molecule has 140 valence electrons. The number of hydrogen-bond acceptors (Lipinski definition) is 3. The molecule has 0 saturated heterocycles. The van der Waals surface area contributed by atoms with Crippen molar-refractivity contribution in [2.45, 2.75) is 98.9 Å². The van der Waals surface area contributed by atoms with Crippen LogP contribution in [0.4, 0.5) is 0 Å². The van der Waals surface area contributed by atoms with Crippen molar-refractivity contribution in [1.82, 2.24) is 0 Å². The molecule has 0 fully saturated rings. The highest BCUT2D eigenvalue weighted by Crippen LogP contribution is 2.36. The Morgan fingerprint density at radius 2 is 1.04 bits per heavy atom. The second-order valence-corrected chi connectivity index (χ2v) is 6.61. The third-order valence-corrected chi connectivity index (χ3v) is 4.63. The minimum atomic E-state index is -0.857. The maximum Gasteiger partial charge on any atom is 0.286 e. The molecule has 3 nitrogen and oxygen atoms in total. The van der Waals surface area contributed by atoms with Gasteiger partial charge < -0.3 is 14.2 Å². The van der Waals surface area contributed by atoms with Crippen molar-refractivity contribution in [1.29, 1.82) is 0 Å². The summed E-state index contributed by atoms with van der Waals surface area (Å²) in [7, 11) is 0. The van der Waals surface area contributed by atoms with E-state index in [-0.39, 0.29) is 5.92 Å². The van der Waals surface area contributed by atoms with Gasteiger partial charge in [-0.25, -0.2) is 0 Å². The molecule has 0 aromatic rings. The van der Waals surface area contributed by atoms with Gasteiger partial charge in [-0.2, -0.15) is 0 Å². The van der Waals surface area contributed by atoms with Gasteiger partial charge >= 0.3 is 0 Å². The van der Waals surface area contributed by atoms with E-state index in [1.54, 1.807) is 0 Å². The summed E-state index contributed by atoms with van der Waals surface area (Å²) >= 11 is 0. The predicted octanol–water partition coefficient (Wildman–Crippen LogP) is 6.16. The van der Waals surface area contributed by atoms with Gasteiger partial charge in [0.1, 0.15) is 0 Å². The van der Waals surface area contributed by atoms with Crippen molar-refractivity contribution in [3.8, 4) is 0 Å². The first kappa shape index (κ1) is 22.9. The summed E-state index contributed by atoms with van der Waals surface area (Å²) in [6, 6.07) is 0. The molecule has 0 heterocycles. The second-order valence-electron chi connectivity index (χ2n) is 6.61. The van der Waals surface area contributed by atoms with Crippen LogP contribution in [0.15, 0.2) is 0 Å². The molecule has 23 heavy (non-hydrogen) atoms. The first-order valence-corrected chi connectivity index (χ1v) is 10.0. The van der Waals surface area contributed by atoms with E-state index in [9.17, 15) is 0 Å². The Labute approximate surface area is 145 Å². The monoisotopic (exact) mass is 330 g/mol. The minimum Gasteiger partial charge on any atom is -0.327 e. The zero-order valence-electron chi connectivity index (χ0n) is 16.7. The van der Waals surface area contributed by atoms with Crippen LogP contribution in [0.5, 0.6) is 0 Å². The molecule has 0 rings (SSSR count). The SMILES string of the molecule is CCCCOC(OCCCC)(OCCCC)C(CC)C(C)CC. The standard InChI is InChI=1S/C20H42O3/c1-7-12-15-21-20(22-16-13-8-2,23-17-14-9-3)19(11-5)18(6)10-4/h18-19H,7-17H2,1-6H3. The third kappa shape index (κ3) is 8.51.